The highest BCUT2D eigenvalue weighted by Crippen LogP contribution is 2.25. The number of aryl methyl sites for hydroxylation is 1. The van der Waals surface area contributed by atoms with Crippen LogP contribution in [0.5, 0.6) is 0 Å². The van der Waals surface area contributed by atoms with Gasteiger partial charge >= 0.3 is 0 Å². The van der Waals surface area contributed by atoms with E-state index in [1.807, 2.05) is 0 Å². The molecule has 0 radical (unpaired) electrons. The van der Waals surface area contributed by atoms with Crippen LogP contribution in [0.4, 0.5) is 5.69 Å². The highest BCUT2D eigenvalue weighted by molar-refractivity contribution is 5.48. The highest BCUT2D eigenvalue weighted by atomic mass is 15.3. The second-order valence-electron chi connectivity index (χ2n) is 5.11. The molecule has 0 saturated carbocycles. The molecular weight excluding hydrogens is 196 g/mol. The molecule has 86 valence electrons. The quantitative estimate of drug-likeness (QED) is 0.710. The third-order valence-electron chi connectivity index (χ3n) is 3.99. The summed E-state index contributed by atoms with van der Waals surface area (Å²) in [7, 11) is 0. The normalized spacial score (nSPS) is 25.8. The van der Waals surface area contributed by atoms with Gasteiger partial charge in [-0.05, 0) is 38.4 Å². The van der Waals surface area contributed by atoms with E-state index in [0.717, 1.165) is 6.04 Å². The summed E-state index contributed by atoms with van der Waals surface area (Å²) in [6.07, 6.45) is 2.79. The fourth-order valence-corrected chi connectivity index (χ4v) is 2.98. The van der Waals surface area contributed by atoms with Crippen LogP contribution in [0.2, 0.25) is 0 Å². The summed E-state index contributed by atoms with van der Waals surface area (Å²) in [4.78, 5) is 5.20. The van der Waals surface area contributed by atoms with E-state index in [-0.39, 0.29) is 0 Å². The third kappa shape index (κ3) is 1.82. The number of nitrogens with zero attached hydrogens (tertiary/aromatic N) is 2. The Kier molecular flexibility index (Phi) is 2.60. The van der Waals surface area contributed by atoms with E-state index >= 15 is 0 Å². The number of hydrogen-bond acceptors (Lipinski definition) is 2. The summed E-state index contributed by atoms with van der Waals surface area (Å²) in [6.45, 7) is 7.15. The van der Waals surface area contributed by atoms with E-state index in [2.05, 4.69) is 41.0 Å². The van der Waals surface area contributed by atoms with Gasteiger partial charge in [0, 0.05) is 31.4 Å². The number of piperazine rings is 1. The zero-order chi connectivity index (χ0) is 11.0. The second-order valence-corrected chi connectivity index (χ2v) is 5.11. The van der Waals surface area contributed by atoms with Crippen LogP contribution in [0.1, 0.15) is 18.4 Å². The maximum absolute atomic E-state index is 2.66. The van der Waals surface area contributed by atoms with Crippen molar-refractivity contribution in [3.63, 3.8) is 0 Å². The second kappa shape index (κ2) is 4.10. The van der Waals surface area contributed by atoms with Crippen molar-refractivity contribution >= 4 is 5.69 Å². The minimum absolute atomic E-state index is 0.815. The predicted octanol–water partition coefficient (Wildman–Crippen LogP) is 2.28. The molecule has 2 heteroatoms. The number of hydrogen-bond donors (Lipinski definition) is 0. The van der Waals surface area contributed by atoms with Crippen LogP contribution >= 0.6 is 0 Å². The molecule has 16 heavy (non-hydrogen) atoms. The van der Waals surface area contributed by atoms with Crippen molar-refractivity contribution in [2.24, 2.45) is 0 Å². The lowest BCUT2D eigenvalue weighted by molar-refractivity contribution is 0.231. The Hall–Kier alpha value is -1.02. The van der Waals surface area contributed by atoms with Gasteiger partial charge in [-0.3, -0.25) is 4.90 Å². The lowest BCUT2D eigenvalue weighted by Gasteiger charge is -2.38. The molecule has 0 N–H and O–H groups in total. The Balaban J connectivity index is 1.74. The van der Waals surface area contributed by atoms with Crippen molar-refractivity contribution in [3.05, 3.63) is 29.8 Å². The van der Waals surface area contributed by atoms with Crippen molar-refractivity contribution in [1.29, 1.82) is 0 Å². The molecule has 0 bridgehead atoms. The Morgan fingerprint density at radius 2 is 1.88 bits per heavy atom. The molecule has 2 aliphatic heterocycles. The number of benzene rings is 1. The van der Waals surface area contributed by atoms with Crippen molar-refractivity contribution in [3.8, 4) is 0 Å². The molecule has 2 nitrogen and oxygen atoms in total. The van der Waals surface area contributed by atoms with Crippen molar-refractivity contribution < 1.29 is 0 Å². The summed E-state index contributed by atoms with van der Waals surface area (Å²) < 4.78 is 0. The molecule has 0 aromatic heterocycles. The molecule has 2 aliphatic rings. The lowest BCUT2D eigenvalue weighted by Crippen LogP contribution is -2.50. The molecule has 1 atom stereocenters. The van der Waals surface area contributed by atoms with E-state index in [0.29, 0.717) is 0 Å². The zero-order valence-electron chi connectivity index (χ0n) is 10.0. The maximum Gasteiger partial charge on any atom is 0.0367 e. The molecule has 1 unspecified atom stereocenters. The first-order chi connectivity index (χ1) is 7.83. The van der Waals surface area contributed by atoms with Gasteiger partial charge in [0.2, 0.25) is 0 Å². The number of anilines is 1. The molecule has 3 rings (SSSR count). The van der Waals surface area contributed by atoms with Crippen molar-refractivity contribution in [1.82, 2.24) is 4.90 Å². The molecule has 2 heterocycles. The van der Waals surface area contributed by atoms with Crippen molar-refractivity contribution in [2.45, 2.75) is 25.8 Å². The Morgan fingerprint density at radius 3 is 2.69 bits per heavy atom. The fourth-order valence-electron chi connectivity index (χ4n) is 2.98. The molecule has 0 aliphatic carbocycles. The first kappa shape index (κ1) is 10.2. The zero-order valence-corrected chi connectivity index (χ0v) is 10.0. The lowest BCUT2D eigenvalue weighted by atomic mass is 10.1. The standard InChI is InChI=1S/C14H20N2/c1-12-4-6-13(7-5-12)16-10-9-15-8-2-3-14(15)11-16/h4-7,14H,2-3,8-11H2,1H3. The summed E-state index contributed by atoms with van der Waals surface area (Å²) in [6, 6.07) is 9.78. The van der Waals surface area contributed by atoms with Crippen LogP contribution in [0.3, 0.4) is 0 Å². The van der Waals surface area contributed by atoms with Gasteiger partial charge in [-0.15, -0.1) is 0 Å². The minimum atomic E-state index is 0.815. The molecule has 2 fully saturated rings. The average Bonchev–Trinajstić information content (AvgIpc) is 2.77. The molecule has 2 saturated heterocycles. The monoisotopic (exact) mass is 216 g/mol. The molecule has 1 aromatic carbocycles. The molecule has 0 amide bonds. The average molecular weight is 216 g/mol. The van der Waals surface area contributed by atoms with Gasteiger partial charge in [-0.2, -0.15) is 0 Å². The van der Waals surface area contributed by atoms with E-state index in [1.54, 1.807) is 0 Å². The topological polar surface area (TPSA) is 6.48 Å². The number of rotatable bonds is 1. The van der Waals surface area contributed by atoms with Gasteiger partial charge < -0.3 is 4.90 Å². The Labute approximate surface area is 97.9 Å². The Bertz CT molecular complexity index is 358. The summed E-state index contributed by atoms with van der Waals surface area (Å²) in [5.74, 6) is 0. The van der Waals surface area contributed by atoms with E-state index < -0.39 is 0 Å². The largest absolute Gasteiger partial charge is 0.369 e. The first-order valence-corrected chi connectivity index (χ1v) is 6.38. The van der Waals surface area contributed by atoms with Gasteiger partial charge in [0.25, 0.3) is 0 Å². The molecule has 0 spiro atoms. The van der Waals surface area contributed by atoms with Gasteiger partial charge in [-0.25, -0.2) is 0 Å². The van der Waals surface area contributed by atoms with Crippen LogP contribution in [-0.2, 0) is 0 Å². The first-order valence-electron chi connectivity index (χ1n) is 6.38. The maximum atomic E-state index is 2.66. The summed E-state index contributed by atoms with van der Waals surface area (Å²) in [5, 5.41) is 0. The van der Waals surface area contributed by atoms with Crippen LogP contribution in [-0.4, -0.2) is 37.1 Å². The smallest absolute Gasteiger partial charge is 0.0367 e. The fraction of sp³-hybridized carbons (Fsp3) is 0.571. The van der Waals surface area contributed by atoms with Gasteiger partial charge in [-0.1, -0.05) is 17.7 Å². The van der Waals surface area contributed by atoms with Crippen LogP contribution in [0, 0.1) is 6.92 Å². The number of fused-ring (bicyclic) bond motifs is 1. The van der Waals surface area contributed by atoms with Gasteiger partial charge in [0.05, 0.1) is 0 Å². The van der Waals surface area contributed by atoms with Crippen LogP contribution < -0.4 is 4.90 Å². The Morgan fingerprint density at radius 1 is 1.06 bits per heavy atom. The van der Waals surface area contributed by atoms with E-state index in [9.17, 15) is 0 Å². The van der Waals surface area contributed by atoms with E-state index in [4.69, 9.17) is 0 Å². The third-order valence-corrected chi connectivity index (χ3v) is 3.99. The molecule has 1 aromatic rings. The van der Waals surface area contributed by atoms with Crippen molar-refractivity contribution in [2.75, 3.05) is 31.1 Å². The summed E-state index contributed by atoms with van der Waals surface area (Å²) >= 11 is 0. The SMILES string of the molecule is Cc1ccc(N2CCN3CCCC3C2)cc1. The minimum Gasteiger partial charge on any atom is -0.369 e. The van der Waals surface area contributed by atoms with Crippen LogP contribution in [0.15, 0.2) is 24.3 Å². The summed E-state index contributed by atoms with van der Waals surface area (Å²) in [5.41, 5.74) is 2.75. The van der Waals surface area contributed by atoms with Gasteiger partial charge in [0.15, 0.2) is 0 Å². The highest BCUT2D eigenvalue weighted by Gasteiger charge is 2.30. The molecular formula is C14H20N2. The van der Waals surface area contributed by atoms with Gasteiger partial charge in [0.1, 0.15) is 0 Å². The van der Waals surface area contributed by atoms with E-state index in [1.165, 1.54) is 50.3 Å². The predicted molar refractivity (Wildman–Crippen MR) is 68.0 cm³/mol. The van der Waals surface area contributed by atoms with Crippen LogP contribution in [0.25, 0.3) is 0 Å².